The van der Waals surface area contributed by atoms with Crippen molar-refractivity contribution in [2.45, 2.75) is 81.4 Å². The number of carbonyl (C=O) groups excluding carboxylic acids is 9. The lowest BCUT2D eigenvalue weighted by molar-refractivity contribution is -0.256. The van der Waals surface area contributed by atoms with E-state index in [1.54, 1.807) is 6.92 Å². The fourth-order valence-electron chi connectivity index (χ4n) is 9.61. The molecule has 2 aromatic rings. The van der Waals surface area contributed by atoms with Crippen molar-refractivity contribution in [2.75, 3.05) is 60.1 Å². The third kappa shape index (κ3) is 9.99. The van der Waals surface area contributed by atoms with Crippen molar-refractivity contribution in [2.24, 2.45) is 0 Å². The SMILES string of the molecule is COc1cccc2c1C(=O)c1c(O)c3c(c(O)c1C2=O)C[C@@](O)(C(=O)NCCNC(=O)NNC(=O)CNC(=O)CNC(=O)CCN1C(=O)C=CC1=O)C[C@@H]3O[C@H]1C[C@H]2[C@H](O[C@@H]3[C@@H](OC)OCCN32)[C@H](C)O1. The van der Waals surface area contributed by atoms with Crippen LogP contribution in [0.3, 0.4) is 0 Å². The number of ketones is 2. The van der Waals surface area contributed by atoms with Crippen molar-refractivity contribution in [1.82, 2.24) is 41.9 Å². The van der Waals surface area contributed by atoms with Gasteiger partial charge in [-0.1, -0.05) is 12.1 Å². The number of morpholine rings is 1. The second-order valence-corrected chi connectivity index (χ2v) is 17.3. The number of ether oxygens (including phenoxy) is 6. The Morgan fingerprint density at radius 1 is 0.845 bits per heavy atom. The molecule has 0 unspecified atom stereocenters. The summed E-state index contributed by atoms with van der Waals surface area (Å²) in [4.78, 5) is 117. The quantitative estimate of drug-likeness (QED) is 0.0320. The molecule has 0 saturated carbocycles. The molecular weight excluding hydrogens is 941 g/mol. The molecule has 26 heteroatoms. The Bertz CT molecular complexity index is 2570. The first-order chi connectivity index (χ1) is 33.9. The van der Waals surface area contributed by atoms with Gasteiger partial charge >= 0.3 is 6.03 Å². The van der Waals surface area contributed by atoms with Gasteiger partial charge in [0.25, 0.3) is 23.6 Å². The number of hydrogen-bond donors (Lipinski definition) is 9. The maximum atomic E-state index is 14.2. The molecule has 3 fully saturated rings. The van der Waals surface area contributed by atoms with Crippen molar-refractivity contribution in [3.63, 3.8) is 0 Å². The molecular formula is C45H52N8O18. The van der Waals surface area contributed by atoms with Gasteiger partial charge in [0.05, 0.1) is 55.7 Å². The lowest BCUT2D eigenvalue weighted by Crippen LogP contribution is -2.56. The van der Waals surface area contributed by atoms with Gasteiger partial charge < -0.3 is 65.0 Å². The Morgan fingerprint density at radius 2 is 1.55 bits per heavy atom. The predicted octanol–water partition coefficient (Wildman–Crippen LogP) is -2.86. The van der Waals surface area contributed by atoms with Gasteiger partial charge in [-0.05, 0) is 13.0 Å². The second-order valence-electron chi connectivity index (χ2n) is 17.3. The lowest BCUT2D eigenvalue weighted by Gasteiger charge is -2.43. The summed E-state index contributed by atoms with van der Waals surface area (Å²) in [5.41, 5.74) is 0.0609. The zero-order valence-corrected chi connectivity index (χ0v) is 38.6. The van der Waals surface area contributed by atoms with Crippen molar-refractivity contribution < 1.29 is 86.9 Å². The van der Waals surface area contributed by atoms with E-state index in [9.17, 15) is 58.5 Å². The van der Waals surface area contributed by atoms with Crippen LogP contribution in [0, 0.1) is 0 Å². The summed E-state index contributed by atoms with van der Waals surface area (Å²) in [6.07, 6.45) is -3.79. The van der Waals surface area contributed by atoms with E-state index in [4.69, 9.17) is 28.4 Å². The monoisotopic (exact) mass is 992 g/mol. The summed E-state index contributed by atoms with van der Waals surface area (Å²) >= 11 is 0. The van der Waals surface area contributed by atoms with E-state index in [2.05, 4.69) is 37.0 Å². The van der Waals surface area contributed by atoms with Gasteiger partial charge in [0.15, 0.2) is 24.6 Å². The molecule has 2 aromatic carbocycles. The highest BCUT2D eigenvalue weighted by atomic mass is 16.7. The molecule has 8 atom stereocenters. The van der Waals surface area contributed by atoms with E-state index in [1.165, 1.54) is 32.4 Å². The van der Waals surface area contributed by atoms with Crippen LogP contribution in [-0.4, -0.2) is 181 Å². The maximum absolute atomic E-state index is 14.2. The molecule has 8 rings (SSSR count). The maximum Gasteiger partial charge on any atom is 0.333 e. The van der Waals surface area contributed by atoms with E-state index in [0.29, 0.717) is 13.2 Å². The van der Waals surface area contributed by atoms with Crippen LogP contribution >= 0.6 is 0 Å². The molecule has 8 amide bonds. The summed E-state index contributed by atoms with van der Waals surface area (Å²) in [5.74, 6) is -7.38. The number of hydrogen-bond acceptors (Lipinski definition) is 19. The molecule has 380 valence electrons. The predicted molar refractivity (Wildman–Crippen MR) is 236 cm³/mol. The largest absolute Gasteiger partial charge is 0.507 e. The Labute approximate surface area is 403 Å². The number of methoxy groups -OCH3 is 2. The van der Waals surface area contributed by atoms with Gasteiger partial charge in [0, 0.05) is 93.9 Å². The first-order valence-corrected chi connectivity index (χ1v) is 22.6. The number of nitrogens with one attached hydrogen (secondary N) is 6. The molecule has 0 radical (unpaired) electrons. The number of phenols is 2. The van der Waals surface area contributed by atoms with Crippen LogP contribution in [0.2, 0.25) is 0 Å². The number of aliphatic hydroxyl groups is 1. The standard InChI is InChI=1S/C45H52N8O18/c1-20-40-23(52-13-14-68-42(67-3)41(52)71-40)15-31(69-20)70-25-17-45(65,16-22-33(25)39(62)35-34(37(22)60)36(59)21-5-4-6-24(66-2)32(21)38(35)61)43(63)46-10-11-47-44(64)51-50-28(56)19-49-27(55)18-48-26(54)9-12-53-29(57)7-8-30(53)58/h4-8,20,23,25,31,40-42,60,62,65H,9-19H2,1-3H3,(H,46,63)(H,48,54)(H,49,55)(H,50,56)(H2,47,51,64)/t20-,23-,25-,31-,40+,41+,42-,45-/m0/s1. The van der Waals surface area contributed by atoms with Gasteiger partial charge in [-0.15, -0.1) is 0 Å². The third-order valence-corrected chi connectivity index (χ3v) is 13.0. The summed E-state index contributed by atoms with van der Waals surface area (Å²) in [5, 5.41) is 45.6. The number of benzene rings is 2. The van der Waals surface area contributed by atoms with Crippen molar-refractivity contribution in [3.05, 3.63) is 63.7 Å². The number of carbonyl (C=O) groups is 9. The smallest absolute Gasteiger partial charge is 0.333 e. The Balaban J connectivity index is 0.894. The van der Waals surface area contributed by atoms with E-state index < -0.39 is 144 Å². The zero-order valence-electron chi connectivity index (χ0n) is 38.6. The number of aromatic hydroxyl groups is 2. The van der Waals surface area contributed by atoms with E-state index in [-0.39, 0.29) is 66.5 Å². The van der Waals surface area contributed by atoms with Crippen molar-refractivity contribution in [3.8, 4) is 17.2 Å². The number of rotatable bonds is 15. The molecule has 0 bridgehead atoms. The highest BCUT2D eigenvalue weighted by molar-refractivity contribution is 6.31. The fraction of sp³-hybridized carbons (Fsp3) is 0.489. The number of imide groups is 1. The summed E-state index contributed by atoms with van der Waals surface area (Å²) in [7, 11) is 2.81. The lowest BCUT2D eigenvalue weighted by atomic mass is 9.72. The molecule has 2 aliphatic carbocycles. The number of hydrazine groups is 1. The molecule has 0 spiro atoms. The third-order valence-electron chi connectivity index (χ3n) is 13.0. The topological polar surface area (TPSA) is 348 Å². The zero-order chi connectivity index (χ0) is 50.9. The Hall–Kier alpha value is -7.07. The number of fused-ring (bicyclic) bond motifs is 6. The van der Waals surface area contributed by atoms with Crippen molar-refractivity contribution in [1.29, 1.82) is 0 Å². The molecule has 3 saturated heterocycles. The van der Waals surface area contributed by atoms with Gasteiger partial charge in [-0.25, -0.2) is 10.2 Å². The van der Waals surface area contributed by atoms with Crippen LogP contribution in [0.1, 0.15) is 75.3 Å². The van der Waals surface area contributed by atoms with Gasteiger partial charge in [-0.2, -0.15) is 0 Å². The minimum Gasteiger partial charge on any atom is -0.507 e. The van der Waals surface area contributed by atoms with E-state index in [1.807, 2.05) is 0 Å². The van der Waals surface area contributed by atoms with Crippen LogP contribution in [0.25, 0.3) is 0 Å². The minimum atomic E-state index is -2.39. The van der Waals surface area contributed by atoms with E-state index >= 15 is 0 Å². The van der Waals surface area contributed by atoms with E-state index in [0.717, 1.165) is 17.1 Å². The van der Waals surface area contributed by atoms with Crippen LogP contribution < -0.4 is 36.9 Å². The average molecular weight is 993 g/mol. The van der Waals surface area contributed by atoms with Crippen LogP contribution in [-0.2, 0) is 58.9 Å². The summed E-state index contributed by atoms with van der Waals surface area (Å²) in [6.45, 7) is 0.805. The molecule has 4 aliphatic heterocycles. The first kappa shape index (κ1) is 50.3. The molecule has 71 heavy (non-hydrogen) atoms. The van der Waals surface area contributed by atoms with Crippen LogP contribution in [0.15, 0.2) is 30.4 Å². The Kier molecular flexibility index (Phi) is 14.7. The Morgan fingerprint density at radius 3 is 2.28 bits per heavy atom. The minimum absolute atomic E-state index is 0.0569. The van der Waals surface area contributed by atoms with Crippen LogP contribution in [0.5, 0.6) is 17.2 Å². The second kappa shape index (κ2) is 20.7. The number of urea groups is 1. The first-order valence-electron chi connectivity index (χ1n) is 22.6. The molecule has 4 heterocycles. The highest BCUT2D eigenvalue weighted by Gasteiger charge is 2.55. The highest BCUT2D eigenvalue weighted by Crippen LogP contribution is 2.53. The van der Waals surface area contributed by atoms with Crippen LogP contribution in [0.4, 0.5) is 4.79 Å². The summed E-state index contributed by atoms with van der Waals surface area (Å²) < 4.78 is 35.8. The van der Waals surface area contributed by atoms with Gasteiger partial charge in [0.1, 0.15) is 29.0 Å². The average Bonchev–Trinajstić information content (AvgIpc) is 3.90. The number of amides is 8. The molecule has 0 aromatic heterocycles. The molecule has 26 nitrogen and oxygen atoms in total. The number of phenolic OH excluding ortho intramolecular Hbond substituents is 2. The van der Waals surface area contributed by atoms with Crippen molar-refractivity contribution >= 4 is 53.0 Å². The normalized spacial score (nSPS) is 26.3. The molecule has 9 N–H and O–H groups in total. The molecule has 6 aliphatic rings. The number of nitrogens with zero attached hydrogens (tertiary/aromatic N) is 2. The van der Waals surface area contributed by atoms with Gasteiger partial charge in [0.2, 0.25) is 17.6 Å². The summed E-state index contributed by atoms with van der Waals surface area (Å²) in [6, 6.07) is 3.12. The fourth-order valence-corrected chi connectivity index (χ4v) is 9.61. The van der Waals surface area contributed by atoms with Gasteiger partial charge in [-0.3, -0.25) is 53.6 Å².